The van der Waals surface area contributed by atoms with E-state index in [1.165, 1.54) is 36.8 Å². The van der Waals surface area contributed by atoms with Gasteiger partial charge in [-0.25, -0.2) is 0 Å². The van der Waals surface area contributed by atoms with Crippen LogP contribution < -0.4 is 10.6 Å². The Kier molecular flexibility index (Phi) is 7.47. The van der Waals surface area contributed by atoms with Crippen LogP contribution >= 0.6 is 11.6 Å². The van der Waals surface area contributed by atoms with Gasteiger partial charge in [0.15, 0.2) is 6.54 Å². The Balaban J connectivity index is 1.52. The lowest BCUT2D eigenvalue weighted by molar-refractivity contribution is -0.643. The standard InChI is InChI=1S/C18H25ClN2O/c19-17-8-6-16(7-9-17)10-12-20-14-18(22)21-13-11-15-4-2-1-3-5-15/h4,6-9,20H,1-3,5,10-14H2,(H,21,22)/p+1. The number of hydrogen-bond donors (Lipinski definition) is 2. The van der Waals surface area contributed by atoms with Crippen LogP contribution in [0.3, 0.4) is 0 Å². The van der Waals surface area contributed by atoms with E-state index < -0.39 is 0 Å². The van der Waals surface area contributed by atoms with Crippen LogP contribution in [-0.4, -0.2) is 25.5 Å². The van der Waals surface area contributed by atoms with E-state index in [1.807, 2.05) is 24.3 Å². The summed E-state index contributed by atoms with van der Waals surface area (Å²) in [5.74, 6) is 0.132. The lowest BCUT2D eigenvalue weighted by atomic mass is 9.97. The van der Waals surface area contributed by atoms with Gasteiger partial charge < -0.3 is 10.6 Å². The molecule has 0 aliphatic heterocycles. The molecular weight excluding hydrogens is 296 g/mol. The van der Waals surface area contributed by atoms with Gasteiger partial charge in [-0.2, -0.15) is 0 Å². The van der Waals surface area contributed by atoms with Crippen molar-refractivity contribution in [3.63, 3.8) is 0 Å². The third kappa shape index (κ3) is 6.63. The van der Waals surface area contributed by atoms with Gasteiger partial charge in [0.1, 0.15) is 0 Å². The Morgan fingerprint density at radius 2 is 2.00 bits per heavy atom. The highest BCUT2D eigenvalue weighted by molar-refractivity contribution is 6.30. The Morgan fingerprint density at radius 1 is 1.18 bits per heavy atom. The van der Waals surface area contributed by atoms with E-state index in [2.05, 4.69) is 16.7 Å². The number of rotatable bonds is 8. The second kappa shape index (κ2) is 9.65. The van der Waals surface area contributed by atoms with E-state index in [0.29, 0.717) is 6.54 Å². The molecule has 1 aromatic rings. The zero-order valence-corrected chi connectivity index (χ0v) is 13.9. The largest absolute Gasteiger partial charge is 0.351 e. The first-order chi connectivity index (χ1) is 10.7. The van der Waals surface area contributed by atoms with Crippen molar-refractivity contribution in [1.82, 2.24) is 5.32 Å². The van der Waals surface area contributed by atoms with Crippen LogP contribution in [0.25, 0.3) is 0 Å². The predicted molar refractivity (Wildman–Crippen MR) is 91.0 cm³/mol. The summed E-state index contributed by atoms with van der Waals surface area (Å²) in [6.45, 7) is 2.20. The summed E-state index contributed by atoms with van der Waals surface area (Å²) < 4.78 is 0. The molecule has 1 aliphatic carbocycles. The van der Waals surface area contributed by atoms with Crippen LogP contribution in [0.1, 0.15) is 37.7 Å². The maximum absolute atomic E-state index is 11.8. The molecule has 0 aromatic heterocycles. The number of nitrogens with one attached hydrogen (secondary N) is 1. The second-order valence-electron chi connectivity index (χ2n) is 5.87. The molecule has 0 fully saturated rings. The summed E-state index contributed by atoms with van der Waals surface area (Å²) in [4.78, 5) is 11.8. The van der Waals surface area contributed by atoms with Crippen molar-refractivity contribution in [3.8, 4) is 0 Å². The van der Waals surface area contributed by atoms with Crippen molar-refractivity contribution >= 4 is 17.5 Å². The topological polar surface area (TPSA) is 45.7 Å². The number of amides is 1. The van der Waals surface area contributed by atoms with Gasteiger partial charge in [0, 0.05) is 18.0 Å². The first-order valence-corrected chi connectivity index (χ1v) is 8.62. The monoisotopic (exact) mass is 321 g/mol. The molecule has 0 atom stereocenters. The van der Waals surface area contributed by atoms with Gasteiger partial charge in [-0.3, -0.25) is 4.79 Å². The quantitative estimate of drug-likeness (QED) is 0.560. The van der Waals surface area contributed by atoms with Crippen molar-refractivity contribution in [2.75, 3.05) is 19.6 Å². The zero-order valence-electron chi connectivity index (χ0n) is 13.1. The summed E-state index contributed by atoms with van der Waals surface area (Å²) in [6.07, 6.45) is 9.35. The molecule has 2 rings (SSSR count). The molecule has 1 amide bonds. The number of halogens is 1. The molecule has 1 aliphatic rings. The molecule has 0 radical (unpaired) electrons. The van der Waals surface area contributed by atoms with Gasteiger partial charge in [0.25, 0.3) is 5.91 Å². The summed E-state index contributed by atoms with van der Waals surface area (Å²) in [7, 11) is 0. The SMILES string of the molecule is O=C(C[NH2+]CCc1ccc(Cl)cc1)NCCC1=CCCCC1. The highest BCUT2D eigenvalue weighted by Gasteiger charge is 2.06. The van der Waals surface area contributed by atoms with Crippen LogP contribution in [0.2, 0.25) is 5.02 Å². The minimum atomic E-state index is 0.132. The minimum Gasteiger partial charge on any atom is -0.351 e. The Labute approximate surface area is 138 Å². The smallest absolute Gasteiger partial charge is 0.275 e. The fourth-order valence-electron chi connectivity index (χ4n) is 2.72. The first kappa shape index (κ1) is 17.0. The summed E-state index contributed by atoms with van der Waals surface area (Å²) in [5.41, 5.74) is 2.77. The Hall–Kier alpha value is -1.32. The fourth-order valence-corrected chi connectivity index (χ4v) is 2.85. The molecule has 22 heavy (non-hydrogen) atoms. The molecule has 1 aromatic carbocycles. The van der Waals surface area contributed by atoms with Gasteiger partial charge in [0.05, 0.1) is 6.54 Å². The van der Waals surface area contributed by atoms with Crippen molar-refractivity contribution in [2.24, 2.45) is 0 Å². The normalized spacial score (nSPS) is 14.5. The maximum Gasteiger partial charge on any atom is 0.275 e. The van der Waals surface area contributed by atoms with E-state index in [-0.39, 0.29) is 5.91 Å². The van der Waals surface area contributed by atoms with E-state index in [9.17, 15) is 4.79 Å². The second-order valence-corrected chi connectivity index (χ2v) is 6.30. The highest BCUT2D eigenvalue weighted by atomic mass is 35.5. The van der Waals surface area contributed by atoms with Crippen molar-refractivity contribution < 1.29 is 10.1 Å². The van der Waals surface area contributed by atoms with Crippen LogP contribution in [0.4, 0.5) is 0 Å². The third-order valence-corrected chi connectivity index (χ3v) is 4.29. The minimum absolute atomic E-state index is 0.132. The third-order valence-electron chi connectivity index (χ3n) is 4.03. The van der Waals surface area contributed by atoms with Gasteiger partial charge in [-0.1, -0.05) is 35.4 Å². The molecule has 0 saturated carbocycles. The highest BCUT2D eigenvalue weighted by Crippen LogP contribution is 2.19. The van der Waals surface area contributed by atoms with Crippen molar-refractivity contribution in [3.05, 3.63) is 46.5 Å². The zero-order chi connectivity index (χ0) is 15.6. The van der Waals surface area contributed by atoms with Crippen LogP contribution in [0.15, 0.2) is 35.9 Å². The van der Waals surface area contributed by atoms with Gasteiger partial charge >= 0.3 is 0 Å². The molecule has 0 heterocycles. The molecule has 4 heteroatoms. The summed E-state index contributed by atoms with van der Waals surface area (Å²) in [5, 5.41) is 5.83. The van der Waals surface area contributed by atoms with Crippen molar-refractivity contribution in [2.45, 2.75) is 38.5 Å². The molecule has 3 N–H and O–H groups in total. The van der Waals surface area contributed by atoms with Crippen LogP contribution in [-0.2, 0) is 11.2 Å². The van der Waals surface area contributed by atoms with Gasteiger partial charge in [-0.05, 0) is 49.8 Å². The molecule has 0 spiro atoms. The lowest BCUT2D eigenvalue weighted by Gasteiger charge is -2.12. The number of hydrogen-bond acceptors (Lipinski definition) is 1. The average Bonchev–Trinajstić information content (AvgIpc) is 2.54. The number of quaternary nitrogens is 1. The summed E-state index contributed by atoms with van der Waals surface area (Å²) >= 11 is 5.85. The van der Waals surface area contributed by atoms with Gasteiger partial charge in [0.2, 0.25) is 0 Å². The molecule has 0 bridgehead atoms. The molecular formula is C18H26ClN2O+. The van der Waals surface area contributed by atoms with Crippen molar-refractivity contribution in [1.29, 1.82) is 0 Å². The number of carbonyl (C=O) groups is 1. The first-order valence-electron chi connectivity index (χ1n) is 8.25. The number of nitrogens with two attached hydrogens (primary N) is 1. The van der Waals surface area contributed by atoms with Crippen LogP contribution in [0.5, 0.6) is 0 Å². The number of carbonyl (C=O) groups excluding carboxylic acids is 1. The Morgan fingerprint density at radius 3 is 2.73 bits per heavy atom. The predicted octanol–water partition coefficient (Wildman–Crippen LogP) is 2.45. The van der Waals surface area contributed by atoms with E-state index in [4.69, 9.17) is 11.6 Å². The van der Waals surface area contributed by atoms with E-state index in [1.54, 1.807) is 0 Å². The molecule has 3 nitrogen and oxygen atoms in total. The number of benzene rings is 1. The molecule has 0 unspecified atom stereocenters. The van der Waals surface area contributed by atoms with E-state index in [0.717, 1.165) is 31.0 Å². The molecule has 120 valence electrons. The Bertz CT molecular complexity index is 496. The van der Waals surface area contributed by atoms with Crippen LogP contribution in [0, 0.1) is 0 Å². The summed E-state index contributed by atoms with van der Waals surface area (Å²) in [6, 6.07) is 7.88. The lowest BCUT2D eigenvalue weighted by Crippen LogP contribution is -2.87. The molecule has 0 saturated heterocycles. The average molecular weight is 322 g/mol. The van der Waals surface area contributed by atoms with Gasteiger partial charge in [-0.15, -0.1) is 0 Å². The fraction of sp³-hybridized carbons (Fsp3) is 0.500. The number of allylic oxidation sites excluding steroid dienone is 1. The maximum atomic E-state index is 11.8. The van der Waals surface area contributed by atoms with E-state index >= 15 is 0 Å².